The second kappa shape index (κ2) is 7.19. The van der Waals surface area contributed by atoms with Crippen LogP contribution in [0.25, 0.3) is 0 Å². The zero-order valence-corrected chi connectivity index (χ0v) is 9.73. The standard InChI is InChI=1S/C11H21NO4/c1-3-13-5-7-15-8-6-14-4-2-12(1)9-11-10-16-11/h11H,1-10H2. The summed E-state index contributed by atoms with van der Waals surface area (Å²) in [6.45, 7) is 8.00. The van der Waals surface area contributed by atoms with Crippen LogP contribution in [0.3, 0.4) is 0 Å². The minimum atomic E-state index is 0.441. The van der Waals surface area contributed by atoms with E-state index in [1.54, 1.807) is 0 Å². The first-order valence-electron chi connectivity index (χ1n) is 6.02. The van der Waals surface area contributed by atoms with Crippen LogP contribution in [0.4, 0.5) is 0 Å². The Labute approximate surface area is 96.6 Å². The molecule has 1 atom stereocenters. The second-order valence-electron chi connectivity index (χ2n) is 4.09. The SMILES string of the molecule is C1COCCN(CC2CO2)CCOCCO1. The summed E-state index contributed by atoms with van der Waals surface area (Å²) in [6.07, 6.45) is 0.441. The molecule has 1 unspecified atom stereocenters. The molecule has 0 aromatic heterocycles. The third-order valence-electron chi connectivity index (χ3n) is 2.71. The van der Waals surface area contributed by atoms with Crippen molar-refractivity contribution in [3.8, 4) is 0 Å². The van der Waals surface area contributed by atoms with Gasteiger partial charge in [0, 0.05) is 19.6 Å². The molecule has 2 aliphatic heterocycles. The molecule has 0 aromatic rings. The van der Waals surface area contributed by atoms with Gasteiger partial charge < -0.3 is 18.9 Å². The maximum atomic E-state index is 5.49. The lowest BCUT2D eigenvalue weighted by atomic mass is 10.4. The van der Waals surface area contributed by atoms with Gasteiger partial charge in [-0.2, -0.15) is 0 Å². The van der Waals surface area contributed by atoms with E-state index < -0.39 is 0 Å². The molecule has 2 saturated heterocycles. The number of hydrogen-bond acceptors (Lipinski definition) is 5. The Balaban J connectivity index is 1.66. The molecule has 0 amide bonds. The Morgan fingerprint density at radius 2 is 1.31 bits per heavy atom. The highest BCUT2D eigenvalue weighted by Crippen LogP contribution is 2.10. The first kappa shape index (κ1) is 12.3. The maximum absolute atomic E-state index is 5.49. The smallest absolute Gasteiger partial charge is 0.0936 e. The quantitative estimate of drug-likeness (QED) is 0.613. The number of rotatable bonds is 2. The van der Waals surface area contributed by atoms with Gasteiger partial charge in [0.15, 0.2) is 0 Å². The monoisotopic (exact) mass is 231 g/mol. The Morgan fingerprint density at radius 3 is 1.81 bits per heavy atom. The van der Waals surface area contributed by atoms with Gasteiger partial charge in [0.1, 0.15) is 0 Å². The van der Waals surface area contributed by atoms with Gasteiger partial charge in [0.05, 0.1) is 52.4 Å². The summed E-state index contributed by atoms with van der Waals surface area (Å²) in [4.78, 5) is 2.35. The fourth-order valence-electron chi connectivity index (χ4n) is 1.68. The number of ether oxygens (including phenoxy) is 4. The Kier molecular flexibility index (Phi) is 5.51. The molecule has 2 heterocycles. The van der Waals surface area contributed by atoms with E-state index in [-0.39, 0.29) is 0 Å². The van der Waals surface area contributed by atoms with E-state index in [1.807, 2.05) is 0 Å². The third-order valence-corrected chi connectivity index (χ3v) is 2.71. The summed E-state index contributed by atoms with van der Waals surface area (Å²) in [6, 6.07) is 0. The molecule has 0 aliphatic carbocycles. The number of hydrogen-bond donors (Lipinski definition) is 0. The Morgan fingerprint density at radius 1 is 0.812 bits per heavy atom. The van der Waals surface area contributed by atoms with Crippen molar-refractivity contribution in [2.75, 3.05) is 65.9 Å². The number of epoxide rings is 1. The average Bonchev–Trinajstić information content (AvgIpc) is 3.06. The first-order chi connectivity index (χ1) is 7.95. The van der Waals surface area contributed by atoms with Crippen LogP contribution in [-0.2, 0) is 18.9 Å². The van der Waals surface area contributed by atoms with Crippen molar-refractivity contribution in [1.82, 2.24) is 4.90 Å². The van der Waals surface area contributed by atoms with E-state index in [0.717, 1.165) is 39.5 Å². The van der Waals surface area contributed by atoms with Gasteiger partial charge in [-0.05, 0) is 0 Å². The van der Waals surface area contributed by atoms with Crippen LogP contribution < -0.4 is 0 Å². The lowest BCUT2D eigenvalue weighted by Gasteiger charge is -2.22. The molecule has 16 heavy (non-hydrogen) atoms. The predicted molar refractivity (Wildman–Crippen MR) is 58.6 cm³/mol. The van der Waals surface area contributed by atoms with Crippen LogP contribution in [0.1, 0.15) is 0 Å². The van der Waals surface area contributed by atoms with Gasteiger partial charge in [-0.25, -0.2) is 0 Å². The van der Waals surface area contributed by atoms with Crippen molar-refractivity contribution in [2.45, 2.75) is 6.10 Å². The van der Waals surface area contributed by atoms with Crippen LogP contribution in [0.5, 0.6) is 0 Å². The molecule has 0 spiro atoms. The summed E-state index contributed by atoms with van der Waals surface area (Å²) in [5.41, 5.74) is 0. The van der Waals surface area contributed by atoms with Crippen molar-refractivity contribution in [3.63, 3.8) is 0 Å². The second-order valence-corrected chi connectivity index (χ2v) is 4.09. The first-order valence-corrected chi connectivity index (χ1v) is 6.02. The highest BCUT2D eigenvalue weighted by atomic mass is 16.6. The predicted octanol–water partition coefficient (Wildman–Crippen LogP) is -0.249. The highest BCUT2D eigenvalue weighted by Gasteiger charge is 2.25. The zero-order chi connectivity index (χ0) is 11.1. The van der Waals surface area contributed by atoms with Gasteiger partial charge in [0.25, 0.3) is 0 Å². The maximum Gasteiger partial charge on any atom is 0.0936 e. The minimum absolute atomic E-state index is 0.441. The molecule has 2 rings (SSSR count). The normalized spacial score (nSPS) is 30.4. The van der Waals surface area contributed by atoms with Crippen LogP contribution >= 0.6 is 0 Å². The summed E-state index contributed by atoms with van der Waals surface area (Å²) >= 11 is 0. The van der Waals surface area contributed by atoms with E-state index in [1.165, 1.54) is 0 Å². The van der Waals surface area contributed by atoms with Gasteiger partial charge in [-0.3, -0.25) is 4.90 Å². The van der Waals surface area contributed by atoms with Crippen molar-refractivity contribution in [3.05, 3.63) is 0 Å². The lowest BCUT2D eigenvalue weighted by Crippen LogP contribution is -2.35. The van der Waals surface area contributed by atoms with Gasteiger partial charge >= 0.3 is 0 Å². The highest BCUT2D eigenvalue weighted by molar-refractivity contribution is 4.74. The fourth-order valence-corrected chi connectivity index (χ4v) is 1.68. The molecule has 2 fully saturated rings. The van der Waals surface area contributed by atoms with Crippen molar-refractivity contribution in [2.24, 2.45) is 0 Å². The van der Waals surface area contributed by atoms with Crippen LogP contribution in [0, 0.1) is 0 Å². The van der Waals surface area contributed by atoms with Crippen LogP contribution in [-0.4, -0.2) is 76.9 Å². The molecule has 0 bridgehead atoms. The van der Waals surface area contributed by atoms with Gasteiger partial charge in [-0.15, -0.1) is 0 Å². The molecule has 94 valence electrons. The van der Waals surface area contributed by atoms with Crippen LogP contribution in [0.15, 0.2) is 0 Å². The van der Waals surface area contributed by atoms with E-state index in [4.69, 9.17) is 18.9 Å². The molecule has 0 radical (unpaired) electrons. The summed E-state index contributed by atoms with van der Waals surface area (Å²) in [5.74, 6) is 0. The summed E-state index contributed by atoms with van der Waals surface area (Å²) < 4.78 is 21.5. The van der Waals surface area contributed by atoms with E-state index in [0.29, 0.717) is 32.5 Å². The summed E-state index contributed by atoms with van der Waals surface area (Å²) in [5, 5.41) is 0. The van der Waals surface area contributed by atoms with Crippen LogP contribution in [0.2, 0.25) is 0 Å². The minimum Gasteiger partial charge on any atom is -0.378 e. The molecule has 5 nitrogen and oxygen atoms in total. The fraction of sp³-hybridized carbons (Fsp3) is 1.00. The Hall–Kier alpha value is -0.200. The van der Waals surface area contributed by atoms with Crippen molar-refractivity contribution < 1.29 is 18.9 Å². The molecular formula is C11H21NO4. The summed E-state index contributed by atoms with van der Waals surface area (Å²) in [7, 11) is 0. The molecular weight excluding hydrogens is 210 g/mol. The lowest BCUT2D eigenvalue weighted by molar-refractivity contribution is -0.00649. The zero-order valence-electron chi connectivity index (χ0n) is 9.73. The van der Waals surface area contributed by atoms with Gasteiger partial charge in [0.2, 0.25) is 0 Å². The largest absolute Gasteiger partial charge is 0.378 e. The van der Waals surface area contributed by atoms with Crippen molar-refractivity contribution in [1.29, 1.82) is 0 Å². The molecule has 5 heteroatoms. The average molecular weight is 231 g/mol. The van der Waals surface area contributed by atoms with E-state index in [9.17, 15) is 0 Å². The van der Waals surface area contributed by atoms with E-state index >= 15 is 0 Å². The number of nitrogens with zero attached hydrogens (tertiary/aromatic N) is 1. The molecule has 0 saturated carbocycles. The topological polar surface area (TPSA) is 43.5 Å². The third kappa shape index (κ3) is 5.23. The molecule has 0 N–H and O–H groups in total. The Bertz CT molecular complexity index is 175. The molecule has 0 aromatic carbocycles. The van der Waals surface area contributed by atoms with E-state index in [2.05, 4.69) is 4.90 Å². The molecule has 2 aliphatic rings. The van der Waals surface area contributed by atoms with Gasteiger partial charge in [-0.1, -0.05) is 0 Å². The van der Waals surface area contributed by atoms with Crippen molar-refractivity contribution >= 4 is 0 Å².